The average Bonchev–Trinajstić information content (AvgIpc) is 2.80. The lowest BCUT2D eigenvalue weighted by molar-refractivity contribution is 0.134. The van der Waals surface area contributed by atoms with E-state index in [1.807, 2.05) is 43.5 Å². The van der Waals surface area contributed by atoms with Gasteiger partial charge in [-0.15, -0.1) is 0 Å². The van der Waals surface area contributed by atoms with Gasteiger partial charge in [0, 0.05) is 29.5 Å². The molecule has 0 aliphatic rings. The van der Waals surface area contributed by atoms with Crippen molar-refractivity contribution < 1.29 is 14.2 Å². The molecule has 2 aromatic heterocycles. The summed E-state index contributed by atoms with van der Waals surface area (Å²) >= 11 is 5.81. The lowest BCUT2D eigenvalue weighted by Crippen LogP contribution is -2.00. The van der Waals surface area contributed by atoms with Gasteiger partial charge in [0.15, 0.2) is 0 Å². The van der Waals surface area contributed by atoms with Gasteiger partial charge in [-0.25, -0.2) is 0 Å². The summed E-state index contributed by atoms with van der Waals surface area (Å²) in [5.74, 6) is 0.876. The van der Waals surface area contributed by atoms with Crippen LogP contribution in [0, 0.1) is 0 Å². The van der Waals surface area contributed by atoms with E-state index in [2.05, 4.69) is 40.8 Å². The molecule has 158 valence electrons. The highest BCUT2D eigenvalue weighted by Gasteiger charge is 2.14. The van der Waals surface area contributed by atoms with Crippen molar-refractivity contribution in [3.05, 3.63) is 77.7 Å². The van der Waals surface area contributed by atoms with E-state index in [0.29, 0.717) is 38.3 Å². The van der Waals surface area contributed by atoms with Crippen molar-refractivity contribution in [3.63, 3.8) is 0 Å². The molecule has 0 saturated heterocycles. The molecule has 0 bridgehead atoms. The molecule has 2 heterocycles. The minimum atomic E-state index is 0.363. The number of thioether (sulfide) groups is 1. The predicted molar refractivity (Wildman–Crippen MR) is 123 cm³/mol. The molecule has 0 atom stereocenters. The van der Waals surface area contributed by atoms with Crippen LogP contribution < -0.4 is 0 Å². The molecule has 0 N–H and O–H groups in total. The zero-order valence-corrected chi connectivity index (χ0v) is 18.7. The Balaban J connectivity index is 1.78. The van der Waals surface area contributed by atoms with Crippen molar-refractivity contribution in [2.75, 3.05) is 18.5 Å². The van der Waals surface area contributed by atoms with E-state index in [9.17, 15) is 0 Å². The number of aromatic nitrogens is 2. The molecule has 30 heavy (non-hydrogen) atoms. The van der Waals surface area contributed by atoms with E-state index in [4.69, 9.17) is 14.2 Å². The Labute approximate surface area is 187 Å². The summed E-state index contributed by atoms with van der Waals surface area (Å²) in [5.41, 5.74) is 5.04. The Morgan fingerprint density at radius 3 is 2.63 bits per heavy atom. The quantitative estimate of drug-likeness (QED) is 0.177. The lowest BCUT2D eigenvalue weighted by Gasteiger charge is -2.15. The van der Waals surface area contributed by atoms with Gasteiger partial charge < -0.3 is 14.2 Å². The van der Waals surface area contributed by atoms with Crippen molar-refractivity contribution in [1.29, 1.82) is 0 Å². The number of benzene rings is 1. The summed E-state index contributed by atoms with van der Waals surface area (Å²) in [5, 5.41) is 0. The fraction of sp³-hybridized carbons (Fsp3) is 0.304. The third kappa shape index (κ3) is 6.82. The molecule has 0 unspecified atom stereocenters. The lowest BCUT2D eigenvalue weighted by atomic mass is 10.0. The number of thiol groups is 1. The summed E-state index contributed by atoms with van der Waals surface area (Å²) in [7, 11) is 0. The van der Waals surface area contributed by atoms with Crippen LogP contribution in [-0.2, 0) is 34.0 Å². The van der Waals surface area contributed by atoms with Gasteiger partial charge in [0.25, 0.3) is 0 Å². The normalized spacial score (nSPS) is 11.0. The van der Waals surface area contributed by atoms with Gasteiger partial charge in [0.1, 0.15) is 0 Å². The second-order valence-electron chi connectivity index (χ2n) is 6.39. The van der Waals surface area contributed by atoms with Crippen LogP contribution in [0.5, 0.6) is 0 Å². The highest BCUT2D eigenvalue weighted by Crippen LogP contribution is 2.34. The van der Waals surface area contributed by atoms with Crippen LogP contribution in [-0.4, -0.2) is 28.5 Å². The second-order valence-corrected chi connectivity index (χ2v) is 7.61. The van der Waals surface area contributed by atoms with Gasteiger partial charge in [-0.1, -0.05) is 30.0 Å². The molecular formula is C23H26N2O3S2. The van der Waals surface area contributed by atoms with Gasteiger partial charge in [-0.2, -0.15) is 12.6 Å². The van der Waals surface area contributed by atoms with Crippen LogP contribution in [0.2, 0.25) is 0 Å². The van der Waals surface area contributed by atoms with Crippen LogP contribution in [0.15, 0.2) is 65.8 Å². The first-order chi connectivity index (χ1) is 14.8. The minimum absolute atomic E-state index is 0.363. The van der Waals surface area contributed by atoms with E-state index < -0.39 is 0 Å². The van der Waals surface area contributed by atoms with Crippen LogP contribution in [0.25, 0.3) is 11.3 Å². The first-order valence-corrected chi connectivity index (χ1v) is 11.4. The molecule has 7 heteroatoms. The van der Waals surface area contributed by atoms with Crippen LogP contribution in [0.1, 0.15) is 23.7 Å². The van der Waals surface area contributed by atoms with Gasteiger partial charge in [-0.05, 0) is 48.4 Å². The molecule has 0 aliphatic carbocycles. The Morgan fingerprint density at radius 2 is 1.83 bits per heavy atom. The van der Waals surface area contributed by atoms with Gasteiger partial charge in [-0.3, -0.25) is 9.97 Å². The zero-order valence-electron chi connectivity index (χ0n) is 17.0. The van der Waals surface area contributed by atoms with E-state index in [-0.39, 0.29) is 0 Å². The number of nitrogens with zero attached hydrogens (tertiary/aromatic N) is 2. The summed E-state index contributed by atoms with van der Waals surface area (Å²) in [6, 6.07) is 16.1. The second kappa shape index (κ2) is 12.7. The molecular weight excluding hydrogens is 416 g/mol. The van der Waals surface area contributed by atoms with Crippen molar-refractivity contribution in [2.24, 2.45) is 0 Å². The predicted octanol–water partition coefficient (Wildman–Crippen LogP) is 5.35. The Hall–Kier alpha value is -1.90. The van der Waals surface area contributed by atoms with E-state index in [1.54, 1.807) is 18.0 Å². The zero-order chi connectivity index (χ0) is 21.0. The van der Waals surface area contributed by atoms with Crippen molar-refractivity contribution in [3.8, 4) is 11.3 Å². The number of ether oxygens (including phenoxy) is 3. The first kappa shape index (κ1) is 22.8. The maximum Gasteiger partial charge on any atom is 0.0972 e. The Morgan fingerprint density at radius 1 is 0.900 bits per heavy atom. The van der Waals surface area contributed by atoms with E-state index >= 15 is 0 Å². The van der Waals surface area contributed by atoms with Gasteiger partial charge in [0.2, 0.25) is 0 Å². The Kier molecular flexibility index (Phi) is 9.66. The molecule has 3 rings (SSSR count). The first-order valence-electron chi connectivity index (χ1n) is 9.75. The van der Waals surface area contributed by atoms with Crippen LogP contribution >= 0.6 is 24.4 Å². The van der Waals surface area contributed by atoms with Crippen LogP contribution in [0.3, 0.4) is 0 Å². The molecule has 0 aliphatic heterocycles. The van der Waals surface area contributed by atoms with Crippen molar-refractivity contribution >= 4 is 24.4 Å². The molecule has 0 spiro atoms. The van der Waals surface area contributed by atoms with E-state index in [0.717, 1.165) is 33.0 Å². The third-order valence-electron chi connectivity index (χ3n) is 4.29. The summed E-state index contributed by atoms with van der Waals surface area (Å²) in [6.45, 7) is 4.19. The fourth-order valence-corrected chi connectivity index (χ4v) is 3.86. The maximum absolute atomic E-state index is 5.83. The third-order valence-corrected chi connectivity index (χ3v) is 5.41. The monoisotopic (exact) mass is 442 g/mol. The molecule has 0 saturated carbocycles. The minimum Gasteiger partial charge on any atom is -0.377 e. The number of rotatable bonds is 12. The van der Waals surface area contributed by atoms with E-state index in [1.165, 1.54) is 0 Å². The highest BCUT2D eigenvalue weighted by atomic mass is 32.2. The van der Waals surface area contributed by atoms with Gasteiger partial charge in [0.05, 0.1) is 43.1 Å². The van der Waals surface area contributed by atoms with Crippen molar-refractivity contribution in [2.45, 2.75) is 31.6 Å². The standard InChI is InChI=1S/C23H26N2O3S2/c1-2-26-13-18-9-11-25-21(12-18)23-19(14-27-16-29)6-5-8-22(23)30-17-28-15-20-7-3-4-10-24-20/h3-12,29H,2,13-17H2,1H3. The molecule has 5 nitrogen and oxygen atoms in total. The Bertz CT molecular complexity index is 910. The number of pyridine rings is 2. The van der Waals surface area contributed by atoms with Crippen LogP contribution in [0.4, 0.5) is 0 Å². The number of hydrogen-bond donors (Lipinski definition) is 1. The summed E-state index contributed by atoms with van der Waals surface area (Å²) in [6.07, 6.45) is 3.60. The molecule has 3 aromatic rings. The smallest absolute Gasteiger partial charge is 0.0972 e. The molecule has 1 aromatic carbocycles. The largest absolute Gasteiger partial charge is 0.377 e. The molecule has 0 amide bonds. The summed E-state index contributed by atoms with van der Waals surface area (Å²) in [4.78, 5) is 10.0. The summed E-state index contributed by atoms with van der Waals surface area (Å²) < 4.78 is 17.0. The maximum atomic E-state index is 5.83. The molecule has 0 radical (unpaired) electrons. The van der Waals surface area contributed by atoms with Gasteiger partial charge >= 0.3 is 0 Å². The molecule has 0 fully saturated rings. The number of hydrogen-bond acceptors (Lipinski definition) is 7. The topological polar surface area (TPSA) is 53.5 Å². The average molecular weight is 443 g/mol. The highest BCUT2D eigenvalue weighted by molar-refractivity contribution is 7.99. The fourth-order valence-electron chi connectivity index (χ4n) is 2.92. The SMILES string of the molecule is CCOCc1ccnc(-c2c(COCS)cccc2SCOCc2ccccn2)c1. The van der Waals surface area contributed by atoms with Crippen molar-refractivity contribution in [1.82, 2.24) is 9.97 Å².